The largest absolute Gasteiger partial charge is 0.488 e. The molecule has 0 aliphatic carbocycles. The molecule has 0 aromatic carbocycles. The Labute approximate surface area is 84.8 Å². The summed E-state index contributed by atoms with van der Waals surface area (Å²) >= 11 is 0. The van der Waals surface area contributed by atoms with Crippen molar-refractivity contribution in [3.8, 4) is 5.75 Å². The van der Waals surface area contributed by atoms with Crippen molar-refractivity contribution < 1.29 is 9.47 Å². The first-order valence-electron chi connectivity index (χ1n) is 4.94. The fraction of sp³-hybridized carbons (Fsp3) is 0.700. The van der Waals surface area contributed by atoms with Crippen molar-refractivity contribution in [2.75, 3.05) is 13.7 Å². The van der Waals surface area contributed by atoms with Crippen LogP contribution < -0.4 is 4.74 Å². The maximum atomic E-state index is 5.48. The van der Waals surface area contributed by atoms with Gasteiger partial charge in [-0.1, -0.05) is 6.92 Å². The summed E-state index contributed by atoms with van der Waals surface area (Å²) in [4.78, 5) is 0. The first kappa shape index (κ1) is 11.0. The number of aryl methyl sites for hydroxylation is 1. The molecular formula is C10H18N2O2. The van der Waals surface area contributed by atoms with Crippen LogP contribution in [0.5, 0.6) is 5.75 Å². The van der Waals surface area contributed by atoms with Crippen LogP contribution in [-0.4, -0.2) is 29.6 Å². The summed E-state index contributed by atoms with van der Waals surface area (Å²) in [5.41, 5.74) is 0. The number of hydrogen-bond donors (Lipinski definition) is 0. The van der Waals surface area contributed by atoms with Gasteiger partial charge in [-0.3, -0.25) is 4.68 Å². The average Bonchev–Trinajstić information content (AvgIpc) is 2.63. The molecule has 4 heteroatoms. The Morgan fingerprint density at radius 3 is 3.00 bits per heavy atom. The molecule has 1 atom stereocenters. The standard InChI is InChI=1S/C10H18N2O2/c1-4-5-12-7-10(6-11-12)14-8-9(2)13-3/h6-7,9H,4-5,8H2,1-3H3. The van der Waals surface area contributed by atoms with Crippen LogP contribution in [0.4, 0.5) is 0 Å². The maximum Gasteiger partial charge on any atom is 0.157 e. The maximum absolute atomic E-state index is 5.48. The number of rotatable bonds is 6. The number of aromatic nitrogens is 2. The summed E-state index contributed by atoms with van der Waals surface area (Å²) in [5.74, 6) is 0.808. The van der Waals surface area contributed by atoms with E-state index >= 15 is 0 Å². The zero-order valence-electron chi connectivity index (χ0n) is 9.06. The molecular weight excluding hydrogens is 180 g/mol. The highest BCUT2D eigenvalue weighted by atomic mass is 16.5. The first-order chi connectivity index (χ1) is 6.76. The molecule has 1 aromatic rings. The van der Waals surface area contributed by atoms with Crippen molar-refractivity contribution in [1.29, 1.82) is 0 Å². The number of ether oxygens (including phenoxy) is 2. The monoisotopic (exact) mass is 198 g/mol. The topological polar surface area (TPSA) is 36.3 Å². The molecule has 80 valence electrons. The quantitative estimate of drug-likeness (QED) is 0.698. The minimum atomic E-state index is 0.115. The molecule has 0 fully saturated rings. The minimum absolute atomic E-state index is 0.115. The van der Waals surface area contributed by atoms with Crippen molar-refractivity contribution in [2.45, 2.75) is 32.9 Å². The third-order valence-corrected chi connectivity index (χ3v) is 1.95. The molecule has 0 saturated heterocycles. The average molecular weight is 198 g/mol. The molecule has 0 spiro atoms. The summed E-state index contributed by atoms with van der Waals surface area (Å²) in [5, 5.41) is 4.16. The van der Waals surface area contributed by atoms with E-state index in [0.717, 1.165) is 18.7 Å². The van der Waals surface area contributed by atoms with Crippen LogP contribution in [0, 0.1) is 0 Å². The van der Waals surface area contributed by atoms with Crippen molar-refractivity contribution in [2.24, 2.45) is 0 Å². The molecule has 1 unspecified atom stereocenters. The lowest BCUT2D eigenvalue weighted by Gasteiger charge is -2.09. The van der Waals surface area contributed by atoms with E-state index in [1.165, 1.54) is 0 Å². The van der Waals surface area contributed by atoms with Crippen LogP contribution in [0.15, 0.2) is 12.4 Å². The highest BCUT2D eigenvalue weighted by Crippen LogP contribution is 2.09. The number of methoxy groups -OCH3 is 1. The second-order valence-electron chi connectivity index (χ2n) is 3.30. The summed E-state index contributed by atoms with van der Waals surface area (Å²) < 4.78 is 12.4. The van der Waals surface area contributed by atoms with E-state index in [-0.39, 0.29) is 6.10 Å². The van der Waals surface area contributed by atoms with Gasteiger partial charge in [-0.25, -0.2) is 0 Å². The molecule has 1 aromatic heterocycles. The molecule has 4 nitrogen and oxygen atoms in total. The van der Waals surface area contributed by atoms with Gasteiger partial charge >= 0.3 is 0 Å². The fourth-order valence-corrected chi connectivity index (χ4v) is 1.05. The third kappa shape index (κ3) is 3.38. The van der Waals surface area contributed by atoms with Gasteiger partial charge in [-0.2, -0.15) is 5.10 Å². The molecule has 0 radical (unpaired) electrons. The zero-order valence-corrected chi connectivity index (χ0v) is 9.06. The molecule has 0 amide bonds. The van der Waals surface area contributed by atoms with Crippen LogP contribution >= 0.6 is 0 Å². The highest BCUT2D eigenvalue weighted by Gasteiger charge is 2.02. The van der Waals surface area contributed by atoms with Gasteiger partial charge in [0.2, 0.25) is 0 Å². The molecule has 0 bridgehead atoms. The smallest absolute Gasteiger partial charge is 0.157 e. The van der Waals surface area contributed by atoms with Crippen molar-refractivity contribution >= 4 is 0 Å². The molecule has 0 aliphatic rings. The normalized spacial score (nSPS) is 12.8. The lowest BCUT2D eigenvalue weighted by Crippen LogP contribution is -2.15. The second-order valence-corrected chi connectivity index (χ2v) is 3.30. The van der Waals surface area contributed by atoms with Crippen molar-refractivity contribution in [3.05, 3.63) is 12.4 Å². The Bertz CT molecular complexity index is 260. The zero-order chi connectivity index (χ0) is 10.4. The van der Waals surface area contributed by atoms with Crippen molar-refractivity contribution in [3.63, 3.8) is 0 Å². The van der Waals surface area contributed by atoms with E-state index in [2.05, 4.69) is 12.0 Å². The van der Waals surface area contributed by atoms with Gasteiger partial charge in [-0.15, -0.1) is 0 Å². The molecule has 0 aliphatic heterocycles. The molecule has 0 N–H and O–H groups in total. The summed E-state index contributed by atoms with van der Waals surface area (Å²) in [6.45, 7) is 5.59. The van der Waals surface area contributed by atoms with Crippen LogP contribution in [0.25, 0.3) is 0 Å². The van der Waals surface area contributed by atoms with E-state index < -0.39 is 0 Å². The molecule has 1 heterocycles. The van der Waals surface area contributed by atoms with E-state index in [1.807, 2.05) is 17.8 Å². The third-order valence-electron chi connectivity index (χ3n) is 1.95. The first-order valence-corrected chi connectivity index (χ1v) is 4.94. The van der Waals surface area contributed by atoms with Crippen LogP contribution in [-0.2, 0) is 11.3 Å². The Kier molecular flexibility index (Phi) is 4.46. The summed E-state index contributed by atoms with van der Waals surface area (Å²) in [6, 6.07) is 0. The Morgan fingerprint density at radius 2 is 2.36 bits per heavy atom. The number of nitrogens with zero attached hydrogens (tertiary/aromatic N) is 2. The minimum Gasteiger partial charge on any atom is -0.488 e. The molecule has 1 rings (SSSR count). The van der Waals surface area contributed by atoms with Gasteiger partial charge in [0, 0.05) is 13.7 Å². The van der Waals surface area contributed by atoms with E-state index in [0.29, 0.717) is 6.61 Å². The Morgan fingerprint density at radius 1 is 1.57 bits per heavy atom. The van der Waals surface area contributed by atoms with E-state index in [9.17, 15) is 0 Å². The van der Waals surface area contributed by atoms with Crippen LogP contribution in [0.3, 0.4) is 0 Å². The summed E-state index contributed by atoms with van der Waals surface area (Å²) in [7, 11) is 1.68. The van der Waals surface area contributed by atoms with Gasteiger partial charge in [0.1, 0.15) is 6.61 Å². The van der Waals surface area contributed by atoms with Crippen LogP contribution in [0.2, 0.25) is 0 Å². The van der Waals surface area contributed by atoms with Crippen molar-refractivity contribution in [1.82, 2.24) is 9.78 Å². The fourth-order valence-electron chi connectivity index (χ4n) is 1.05. The Balaban J connectivity index is 2.35. The highest BCUT2D eigenvalue weighted by molar-refractivity contribution is 5.11. The van der Waals surface area contributed by atoms with Gasteiger partial charge in [0.25, 0.3) is 0 Å². The lowest BCUT2D eigenvalue weighted by atomic mass is 10.4. The Hall–Kier alpha value is -1.03. The number of hydrogen-bond acceptors (Lipinski definition) is 3. The van der Waals surface area contributed by atoms with Gasteiger partial charge in [-0.05, 0) is 13.3 Å². The lowest BCUT2D eigenvalue weighted by molar-refractivity contribution is 0.0716. The van der Waals surface area contributed by atoms with Gasteiger partial charge < -0.3 is 9.47 Å². The van der Waals surface area contributed by atoms with E-state index in [4.69, 9.17) is 9.47 Å². The predicted molar refractivity (Wildman–Crippen MR) is 54.5 cm³/mol. The molecule has 0 saturated carbocycles. The SMILES string of the molecule is CCCn1cc(OCC(C)OC)cn1. The predicted octanol–water partition coefficient (Wildman–Crippen LogP) is 1.71. The van der Waals surface area contributed by atoms with Gasteiger partial charge in [0.05, 0.1) is 18.5 Å². The van der Waals surface area contributed by atoms with Gasteiger partial charge in [0.15, 0.2) is 5.75 Å². The van der Waals surface area contributed by atoms with E-state index in [1.54, 1.807) is 13.3 Å². The summed E-state index contributed by atoms with van der Waals surface area (Å²) in [6.07, 6.45) is 4.84. The molecule has 14 heavy (non-hydrogen) atoms. The second kappa shape index (κ2) is 5.65. The van der Waals surface area contributed by atoms with Crippen LogP contribution in [0.1, 0.15) is 20.3 Å².